The van der Waals surface area contributed by atoms with Gasteiger partial charge >= 0.3 is 6.03 Å². The number of benzene rings is 1. The van der Waals surface area contributed by atoms with E-state index in [1.165, 1.54) is 0 Å². The molecule has 1 N–H and O–H groups in total. The number of nitrogens with zero attached hydrogens (tertiary/aromatic N) is 1. The van der Waals surface area contributed by atoms with Crippen LogP contribution < -0.4 is 10.1 Å². The van der Waals surface area contributed by atoms with Crippen LogP contribution in [0.5, 0.6) is 5.75 Å². The summed E-state index contributed by atoms with van der Waals surface area (Å²) in [4.78, 5) is 14.5. The fourth-order valence-electron chi connectivity index (χ4n) is 2.72. The molecule has 1 aromatic carbocycles. The summed E-state index contributed by atoms with van der Waals surface area (Å²) >= 11 is 0. The number of carbonyl (C=O) groups is 1. The molecule has 0 bridgehead atoms. The van der Waals surface area contributed by atoms with Crippen molar-refractivity contribution < 1.29 is 14.3 Å². The summed E-state index contributed by atoms with van der Waals surface area (Å²) in [7, 11) is 1.61. The second-order valence-corrected chi connectivity index (χ2v) is 5.74. The van der Waals surface area contributed by atoms with E-state index in [4.69, 9.17) is 9.47 Å². The van der Waals surface area contributed by atoms with Crippen molar-refractivity contribution in [1.82, 2.24) is 4.90 Å². The Morgan fingerprint density at radius 2 is 2.19 bits per heavy atom. The molecular formula is C16H22N2O3. The summed E-state index contributed by atoms with van der Waals surface area (Å²) < 4.78 is 10.7. The van der Waals surface area contributed by atoms with Crippen molar-refractivity contribution in [2.24, 2.45) is 5.92 Å². The van der Waals surface area contributed by atoms with E-state index in [1.807, 2.05) is 29.2 Å². The average molecular weight is 290 g/mol. The molecule has 1 saturated heterocycles. The minimum absolute atomic E-state index is 0.0334. The second-order valence-electron chi connectivity index (χ2n) is 5.74. The quantitative estimate of drug-likeness (QED) is 0.907. The largest absolute Gasteiger partial charge is 0.495 e. The lowest BCUT2D eigenvalue weighted by molar-refractivity contribution is 0.167. The van der Waals surface area contributed by atoms with E-state index in [9.17, 15) is 4.79 Å². The number of anilines is 1. The van der Waals surface area contributed by atoms with Gasteiger partial charge in [0.1, 0.15) is 5.75 Å². The number of para-hydroxylation sites is 2. The van der Waals surface area contributed by atoms with Crippen molar-refractivity contribution in [3.05, 3.63) is 24.3 Å². The maximum atomic E-state index is 12.6. The van der Waals surface area contributed by atoms with Crippen LogP contribution in [0.15, 0.2) is 24.3 Å². The van der Waals surface area contributed by atoms with Gasteiger partial charge in [-0.25, -0.2) is 4.79 Å². The number of hydrogen-bond donors (Lipinski definition) is 1. The van der Waals surface area contributed by atoms with Gasteiger partial charge in [0, 0.05) is 25.1 Å². The van der Waals surface area contributed by atoms with E-state index in [-0.39, 0.29) is 6.03 Å². The number of nitrogens with one attached hydrogen (secondary N) is 1. The second kappa shape index (κ2) is 6.35. The lowest BCUT2D eigenvalue weighted by atomic mass is 10.1. The maximum absolute atomic E-state index is 12.6. The Morgan fingerprint density at radius 1 is 1.38 bits per heavy atom. The van der Waals surface area contributed by atoms with Crippen molar-refractivity contribution in [3.8, 4) is 5.75 Å². The monoisotopic (exact) mass is 290 g/mol. The zero-order chi connectivity index (χ0) is 14.7. The number of amides is 2. The molecule has 0 spiro atoms. The van der Waals surface area contributed by atoms with E-state index in [1.54, 1.807) is 7.11 Å². The molecule has 2 fully saturated rings. The number of carbonyl (C=O) groups excluding carboxylic acids is 1. The minimum Gasteiger partial charge on any atom is -0.495 e. The van der Waals surface area contributed by atoms with E-state index in [2.05, 4.69) is 5.32 Å². The molecule has 21 heavy (non-hydrogen) atoms. The molecule has 2 aliphatic rings. The zero-order valence-electron chi connectivity index (χ0n) is 12.4. The smallest absolute Gasteiger partial charge is 0.322 e. The van der Waals surface area contributed by atoms with E-state index >= 15 is 0 Å². The van der Waals surface area contributed by atoms with E-state index in [0.29, 0.717) is 17.7 Å². The number of urea groups is 1. The molecule has 0 radical (unpaired) electrons. The Morgan fingerprint density at radius 3 is 2.86 bits per heavy atom. The predicted molar refractivity (Wildman–Crippen MR) is 80.7 cm³/mol. The first-order valence-electron chi connectivity index (χ1n) is 7.56. The van der Waals surface area contributed by atoms with E-state index < -0.39 is 0 Å². The molecule has 1 aliphatic heterocycles. The van der Waals surface area contributed by atoms with Gasteiger partial charge < -0.3 is 19.7 Å². The summed E-state index contributed by atoms with van der Waals surface area (Å²) in [5.74, 6) is 1.15. The van der Waals surface area contributed by atoms with Crippen molar-refractivity contribution in [2.75, 3.05) is 32.2 Å². The molecule has 5 heteroatoms. The normalized spacial score (nSPS) is 21.1. The van der Waals surface area contributed by atoms with Gasteiger partial charge in [-0.05, 0) is 31.4 Å². The number of rotatable bonds is 5. The molecule has 1 heterocycles. The Kier molecular flexibility index (Phi) is 4.29. The van der Waals surface area contributed by atoms with Crippen LogP contribution in [-0.4, -0.2) is 43.8 Å². The van der Waals surface area contributed by atoms with E-state index in [0.717, 1.165) is 44.7 Å². The fourth-order valence-corrected chi connectivity index (χ4v) is 2.72. The first-order valence-corrected chi connectivity index (χ1v) is 7.56. The van der Waals surface area contributed by atoms with Crippen molar-refractivity contribution in [1.29, 1.82) is 0 Å². The van der Waals surface area contributed by atoms with Crippen LogP contribution in [-0.2, 0) is 4.74 Å². The fraction of sp³-hybridized carbons (Fsp3) is 0.562. The molecule has 1 atom stereocenters. The molecular weight excluding hydrogens is 268 g/mol. The van der Waals surface area contributed by atoms with Crippen LogP contribution in [0.2, 0.25) is 0 Å². The Labute approximate surface area is 125 Å². The Hall–Kier alpha value is -1.75. The summed E-state index contributed by atoms with van der Waals surface area (Å²) in [6, 6.07) is 7.85. The highest BCUT2D eigenvalue weighted by Crippen LogP contribution is 2.30. The van der Waals surface area contributed by atoms with Crippen LogP contribution in [0.1, 0.15) is 19.3 Å². The highest BCUT2D eigenvalue weighted by Gasteiger charge is 2.35. The molecule has 0 unspecified atom stereocenters. The number of ether oxygens (including phenoxy) is 2. The van der Waals surface area contributed by atoms with Crippen LogP contribution in [0.4, 0.5) is 10.5 Å². The van der Waals surface area contributed by atoms with Crippen LogP contribution in [0.3, 0.4) is 0 Å². The summed E-state index contributed by atoms with van der Waals surface area (Å²) in [5, 5.41) is 2.98. The maximum Gasteiger partial charge on any atom is 0.322 e. The van der Waals surface area contributed by atoms with Crippen LogP contribution in [0.25, 0.3) is 0 Å². The zero-order valence-corrected chi connectivity index (χ0v) is 12.4. The SMILES string of the molecule is COc1ccccc1NC(=O)N(C[C@@H]1CCOC1)C1CC1. The van der Waals surface area contributed by atoms with Gasteiger partial charge in [0.05, 0.1) is 19.4 Å². The highest BCUT2D eigenvalue weighted by molar-refractivity contribution is 5.91. The van der Waals surface area contributed by atoms with Gasteiger partial charge in [-0.2, -0.15) is 0 Å². The first-order chi connectivity index (χ1) is 10.3. The van der Waals surface area contributed by atoms with Gasteiger partial charge in [-0.15, -0.1) is 0 Å². The summed E-state index contributed by atoms with van der Waals surface area (Å²) in [6.45, 7) is 2.37. The standard InChI is InChI=1S/C16H22N2O3/c1-20-15-5-3-2-4-14(15)17-16(19)18(13-6-7-13)10-12-8-9-21-11-12/h2-5,12-13H,6-11H2,1H3,(H,17,19)/t12-/m0/s1. The molecule has 3 rings (SSSR count). The highest BCUT2D eigenvalue weighted by atomic mass is 16.5. The summed E-state index contributed by atoms with van der Waals surface area (Å²) in [6.07, 6.45) is 3.25. The Balaban J connectivity index is 1.66. The van der Waals surface area contributed by atoms with Gasteiger partial charge in [0.15, 0.2) is 0 Å². The molecule has 1 aliphatic carbocycles. The minimum atomic E-state index is -0.0334. The third-order valence-corrected chi connectivity index (χ3v) is 4.08. The lowest BCUT2D eigenvalue weighted by Crippen LogP contribution is -2.40. The lowest BCUT2D eigenvalue weighted by Gasteiger charge is -2.25. The summed E-state index contributed by atoms with van der Waals surface area (Å²) in [5.41, 5.74) is 0.721. The molecule has 2 amide bonds. The molecule has 1 saturated carbocycles. The van der Waals surface area contributed by atoms with Crippen LogP contribution in [0, 0.1) is 5.92 Å². The Bertz CT molecular complexity index is 496. The third-order valence-electron chi connectivity index (χ3n) is 4.08. The number of hydrogen-bond acceptors (Lipinski definition) is 3. The molecule has 1 aromatic rings. The van der Waals surface area contributed by atoms with Crippen molar-refractivity contribution in [2.45, 2.75) is 25.3 Å². The molecule has 114 valence electrons. The molecule has 0 aromatic heterocycles. The van der Waals surface area contributed by atoms with Crippen molar-refractivity contribution in [3.63, 3.8) is 0 Å². The predicted octanol–water partition coefficient (Wildman–Crippen LogP) is 2.73. The van der Waals surface area contributed by atoms with Gasteiger partial charge in [0.2, 0.25) is 0 Å². The van der Waals surface area contributed by atoms with Gasteiger partial charge in [-0.1, -0.05) is 12.1 Å². The first kappa shape index (κ1) is 14.2. The van der Waals surface area contributed by atoms with Gasteiger partial charge in [0.25, 0.3) is 0 Å². The average Bonchev–Trinajstić information content (AvgIpc) is 3.21. The van der Waals surface area contributed by atoms with Crippen molar-refractivity contribution >= 4 is 11.7 Å². The topological polar surface area (TPSA) is 50.8 Å². The number of methoxy groups -OCH3 is 1. The third kappa shape index (κ3) is 3.47. The van der Waals surface area contributed by atoms with Gasteiger partial charge in [-0.3, -0.25) is 0 Å². The van der Waals surface area contributed by atoms with Crippen LogP contribution >= 0.6 is 0 Å². The molecule has 5 nitrogen and oxygen atoms in total.